The third-order valence-electron chi connectivity index (χ3n) is 3.31. The lowest BCUT2D eigenvalue weighted by molar-refractivity contribution is -0.120. The Balaban J connectivity index is 1.69. The molecule has 0 unspecified atom stereocenters. The van der Waals surface area contributed by atoms with Crippen molar-refractivity contribution in [2.45, 2.75) is 26.9 Å². The maximum atomic E-state index is 11.8. The van der Waals surface area contributed by atoms with Gasteiger partial charge in [0.2, 0.25) is 5.91 Å². The number of carbonyl (C=O) groups is 1. The van der Waals surface area contributed by atoms with E-state index in [4.69, 9.17) is 0 Å². The summed E-state index contributed by atoms with van der Waals surface area (Å²) in [6.45, 7) is 5.74. The molecule has 3 nitrogen and oxygen atoms in total. The molecule has 110 valence electrons. The largest absolute Gasteiger partial charge is 0.351 e. The SMILES string of the molecule is Cc1ccc(CNC(=O)CNCc2cccc(C)c2)cc1. The van der Waals surface area contributed by atoms with Gasteiger partial charge in [0.15, 0.2) is 0 Å². The van der Waals surface area contributed by atoms with Crippen LogP contribution in [0.4, 0.5) is 0 Å². The van der Waals surface area contributed by atoms with E-state index in [9.17, 15) is 4.79 Å². The predicted molar refractivity (Wildman–Crippen MR) is 85.9 cm³/mol. The van der Waals surface area contributed by atoms with Gasteiger partial charge < -0.3 is 10.6 Å². The van der Waals surface area contributed by atoms with Crippen molar-refractivity contribution < 1.29 is 4.79 Å². The number of benzene rings is 2. The number of hydrogen-bond acceptors (Lipinski definition) is 2. The Morgan fingerprint density at radius 1 is 0.905 bits per heavy atom. The molecule has 3 heteroatoms. The molecule has 21 heavy (non-hydrogen) atoms. The first kappa shape index (κ1) is 15.3. The van der Waals surface area contributed by atoms with Crippen LogP contribution in [-0.2, 0) is 17.9 Å². The minimum Gasteiger partial charge on any atom is -0.351 e. The lowest BCUT2D eigenvalue weighted by atomic mass is 10.1. The van der Waals surface area contributed by atoms with Crippen LogP contribution in [0.15, 0.2) is 48.5 Å². The first-order chi connectivity index (χ1) is 10.1. The molecule has 0 spiro atoms. The Hall–Kier alpha value is -2.13. The molecule has 0 aromatic heterocycles. The Morgan fingerprint density at radius 3 is 2.38 bits per heavy atom. The zero-order valence-corrected chi connectivity index (χ0v) is 12.6. The Labute approximate surface area is 126 Å². The van der Waals surface area contributed by atoms with E-state index in [0.717, 1.165) is 5.56 Å². The monoisotopic (exact) mass is 282 g/mol. The molecule has 0 fully saturated rings. The topological polar surface area (TPSA) is 41.1 Å². The number of hydrogen-bond donors (Lipinski definition) is 2. The summed E-state index contributed by atoms with van der Waals surface area (Å²) in [4.78, 5) is 11.8. The van der Waals surface area contributed by atoms with Crippen LogP contribution in [0.1, 0.15) is 22.3 Å². The Bertz CT molecular complexity index is 590. The van der Waals surface area contributed by atoms with Crippen molar-refractivity contribution >= 4 is 5.91 Å². The van der Waals surface area contributed by atoms with Gasteiger partial charge in [-0.1, -0.05) is 59.7 Å². The van der Waals surface area contributed by atoms with Crippen LogP contribution in [0, 0.1) is 13.8 Å². The summed E-state index contributed by atoms with van der Waals surface area (Å²) < 4.78 is 0. The van der Waals surface area contributed by atoms with Gasteiger partial charge in [-0.05, 0) is 25.0 Å². The number of carbonyl (C=O) groups excluding carboxylic acids is 1. The van der Waals surface area contributed by atoms with Crippen molar-refractivity contribution in [3.63, 3.8) is 0 Å². The standard InChI is InChI=1S/C18H22N2O/c1-14-6-8-16(9-7-14)12-20-18(21)13-19-11-17-5-3-4-15(2)10-17/h3-10,19H,11-13H2,1-2H3,(H,20,21). The highest BCUT2D eigenvalue weighted by Gasteiger charge is 2.01. The van der Waals surface area contributed by atoms with Gasteiger partial charge in [0, 0.05) is 13.1 Å². The van der Waals surface area contributed by atoms with Crippen molar-refractivity contribution in [1.29, 1.82) is 0 Å². The third-order valence-corrected chi connectivity index (χ3v) is 3.31. The fraction of sp³-hybridized carbons (Fsp3) is 0.278. The molecule has 0 radical (unpaired) electrons. The molecular formula is C18H22N2O. The second-order valence-electron chi connectivity index (χ2n) is 5.35. The van der Waals surface area contributed by atoms with Crippen molar-refractivity contribution in [3.05, 3.63) is 70.8 Å². The highest BCUT2D eigenvalue weighted by Crippen LogP contribution is 2.03. The van der Waals surface area contributed by atoms with Crippen molar-refractivity contribution in [2.75, 3.05) is 6.54 Å². The lowest BCUT2D eigenvalue weighted by Gasteiger charge is -2.08. The number of aryl methyl sites for hydroxylation is 2. The number of amides is 1. The highest BCUT2D eigenvalue weighted by atomic mass is 16.1. The summed E-state index contributed by atoms with van der Waals surface area (Å²) in [5, 5.41) is 6.08. The van der Waals surface area contributed by atoms with Gasteiger partial charge in [0.05, 0.1) is 6.54 Å². The minimum atomic E-state index is 0.0169. The molecule has 0 atom stereocenters. The van der Waals surface area contributed by atoms with Gasteiger partial charge in [0.1, 0.15) is 0 Å². The summed E-state index contributed by atoms with van der Waals surface area (Å²) in [6.07, 6.45) is 0. The number of nitrogens with one attached hydrogen (secondary N) is 2. The summed E-state index contributed by atoms with van der Waals surface area (Å²) in [5.74, 6) is 0.0169. The van der Waals surface area contributed by atoms with Gasteiger partial charge in [-0.2, -0.15) is 0 Å². The number of rotatable bonds is 6. The van der Waals surface area contributed by atoms with Crippen LogP contribution < -0.4 is 10.6 Å². The molecule has 0 aliphatic rings. The quantitative estimate of drug-likeness (QED) is 0.855. The van der Waals surface area contributed by atoms with Crippen LogP contribution >= 0.6 is 0 Å². The van der Waals surface area contributed by atoms with Gasteiger partial charge in [-0.25, -0.2) is 0 Å². The Kier molecular flexibility index (Phi) is 5.52. The maximum absolute atomic E-state index is 11.8. The smallest absolute Gasteiger partial charge is 0.234 e. The molecule has 2 N–H and O–H groups in total. The van der Waals surface area contributed by atoms with Crippen LogP contribution in [-0.4, -0.2) is 12.5 Å². The van der Waals surface area contributed by atoms with Crippen LogP contribution in [0.25, 0.3) is 0 Å². The molecule has 0 saturated carbocycles. The molecule has 2 rings (SSSR count). The molecule has 0 aliphatic heterocycles. The molecule has 2 aromatic carbocycles. The minimum absolute atomic E-state index is 0.0169. The van der Waals surface area contributed by atoms with Crippen molar-refractivity contribution in [3.8, 4) is 0 Å². The molecule has 2 aromatic rings. The van der Waals surface area contributed by atoms with Crippen LogP contribution in [0.3, 0.4) is 0 Å². The summed E-state index contributed by atoms with van der Waals surface area (Å²) >= 11 is 0. The first-order valence-corrected chi connectivity index (χ1v) is 7.22. The molecule has 1 amide bonds. The summed E-state index contributed by atoms with van der Waals surface area (Å²) in [7, 11) is 0. The van der Waals surface area contributed by atoms with E-state index in [0.29, 0.717) is 19.6 Å². The second-order valence-corrected chi connectivity index (χ2v) is 5.35. The van der Waals surface area contributed by atoms with Gasteiger partial charge in [-0.15, -0.1) is 0 Å². The Morgan fingerprint density at radius 2 is 1.67 bits per heavy atom. The second kappa shape index (κ2) is 7.60. The van der Waals surface area contributed by atoms with E-state index in [1.54, 1.807) is 0 Å². The fourth-order valence-corrected chi connectivity index (χ4v) is 2.11. The van der Waals surface area contributed by atoms with Gasteiger partial charge in [-0.3, -0.25) is 4.79 Å². The van der Waals surface area contributed by atoms with Crippen molar-refractivity contribution in [1.82, 2.24) is 10.6 Å². The van der Waals surface area contributed by atoms with E-state index in [1.807, 2.05) is 18.2 Å². The normalized spacial score (nSPS) is 10.4. The molecule has 0 bridgehead atoms. The average molecular weight is 282 g/mol. The van der Waals surface area contributed by atoms with Gasteiger partial charge >= 0.3 is 0 Å². The lowest BCUT2D eigenvalue weighted by Crippen LogP contribution is -2.33. The maximum Gasteiger partial charge on any atom is 0.234 e. The third kappa shape index (κ3) is 5.40. The van der Waals surface area contributed by atoms with E-state index in [1.165, 1.54) is 16.7 Å². The first-order valence-electron chi connectivity index (χ1n) is 7.22. The average Bonchev–Trinajstić information content (AvgIpc) is 2.47. The highest BCUT2D eigenvalue weighted by molar-refractivity contribution is 5.77. The zero-order chi connectivity index (χ0) is 15.1. The molecule has 0 aliphatic carbocycles. The fourth-order valence-electron chi connectivity index (χ4n) is 2.11. The van der Waals surface area contributed by atoms with E-state index >= 15 is 0 Å². The van der Waals surface area contributed by atoms with E-state index in [2.05, 4.69) is 54.8 Å². The van der Waals surface area contributed by atoms with Crippen LogP contribution in [0.2, 0.25) is 0 Å². The summed E-state index contributed by atoms with van der Waals surface area (Å²) in [5.41, 5.74) is 4.77. The molecule has 0 heterocycles. The van der Waals surface area contributed by atoms with Crippen molar-refractivity contribution in [2.24, 2.45) is 0 Å². The summed E-state index contributed by atoms with van der Waals surface area (Å²) in [6, 6.07) is 16.5. The predicted octanol–water partition coefficient (Wildman–Crippen LogP) is 2.71. The van der Waals surface area contributed by atoms with Gasteiger partial charge in [0.25, 0.3) is 0 Å². The molecule has 0 saturated heterocycles. The van der Waals surface area contributed by atoms with E-state index < -0.39 is 0 Å². The van der Waals surface area contributed by atoms with Crippen LogP contribution in [0.5, 0.6) is 0 Å². The van der Waals surface area contributed by atoms with E-state index in [-0.39, 0.29) is 5.91 Å². The zero-order valence-electron chi connectivity index (χ0n) is 12.6. The molecular weight excluding hydrogens is 260 g/mol.